The van der Waals surface area contributed by atoms with Crippen LogP contribution in [0.2, 0.25) is 0 Å². The van der Waals surface area contributed by atoms with Gasteiger partial charge < -0.3 is 96.3 Å². The van der Waals surface area contributed by atoms with Gasteiger partial charge in [-0.15, -0.1) is 0 Å². The number of aliphatic hydroxyl groups is 1. The fourth-order valence-corrected chi connectivity index (χ4v) is 7.19. The number of amides is 10. The quantitative estimate of drug-likeness (QED) is 0.0108. The minimum absolute atomic E-state index is 0.0119. The number of nitrogens with one attached hydrogen (secondary N) is 7. The van der Waals surface area contributed by atoms with E-state index in [-0.39, 0.29) is 56.9 Å². The molecule has 0 bridgehead atoms. The second-order valence-electron chi connectivity index (χ2n) is 18.0. The Labute approximate surface area is 452 Å². The van der Waals surface area contributed by atoms with Gasteiger partial charge in [0.1, 0.15) is 48.0 Å². The van der Waals surface area contributed by atoms with Crippen LogP contribution in [0.5, 0.6) is 5.75 Å². The second kappa shape index (κ2) is 33.4. The number of aromatic hydroxyl groups is 1. The summed E-state index contributed by atoms with van der Waals surface area (Å²) in [7, 11) is 0. The smallest absolute Gasteiger partial charge is 0.490 e. The molecule has 1 aliphatic heterocycles. The van der Waals surface area contributed by atoms with Gasteiger partial charge in [-0.25, -0.2) is 9.59 Å². The number of guanidine groups is 1. The number of phenolic OH excluding ortho intramolecular Hbond substituents is 1. The van der Waals surface area contributed by atoms with Gasteiger partial charge in [-0.05, 0) is 62.1 Å². The molecule has 10 amide bonds. The number of carbonyl (C=O) groups is 13. The predicted octanol–water partition coefficient (Wildman–Crippen LogP) is -6.69. The SMILES string of the molecule is CC(C)[C@H](NC(=O)[C@H](CC(N)=O)NC(=O)[C@H](CCCN=C(N)N)NC(=O)[13C@@H]1[13CH2][13CH2][13CH2][15N]1C(=O)[C@H](CC(N)=O)NC(=O)[C@H](CCC(=O)O)NC(=O)[C@@H](N)Cc1ccc(O)cc1)C(=O)NCC(=O)N[C@@H](CO)C(=O)O.O=C(O)C(F)(F)F. The number of halogens is 3. The van der Waals surface area contributed by atoms with Crippen molar-refractivity contribution < 1.29 is 101 Å². The van der Waals surface area contributed by atoms with Crippen molar-refractivity contribution in [1.29, 1.82) is 0 Å². The number of hydrogen-bond acceptors (Lipinski definition) is 17. The zero-order valence-corrected chi connectivity index (χ0v) is 43.2. The fraction of sp³-hybridized carbons (Fsp3) is 0.556. The number of carboxylic acid groups (broad SMARTS) is 3. The molecule has 0 aromatic heterocycles. The molecule has 446 valence electrons. The molecule has 0 saturated carbocycles. The van der Waals surface area contributed by atoms with Crippen LogP contribution in [-0.4, -0.2) is 194 Å². The monoisotopic (exact) mass is 1150 g/mol. The van der Waals surface area contributed by atoms with Crippen molar-refractivity contribution in [2.24, 2.45) is 39.6 Å². The van der Waals surface area contributed by atoms with E-state index >= 15 is 0 Å². The average Bonchev–Trinajstić information content (AvgIpc) is 3.86. The second-order valence-corrected chi connectivity index (χ2v) is 18.0. The molecule has 32 nitrogen and oxygen atoms in total. The number of carboxylic acids is 3. The molecule has 1 fully saturated rings. The number of benzene rings is 1. The number of likely N-dealkylation sites (tertiary alicyclic amines) is 1. The Morgan fingerprint density at radius 1 is 0.713 bits per heavy atom. The maximum absolute atomic E-state index is 14.2. The lowest BCUT2D eigenvalue weighted by Gasteiger charge is -2.30. The maximum atomic E-state index is 14.2. The van der Waals surface area contributed by atoms with E-state index < -0.39 is 176 Å². The molecule has 0 aliphatic carbocycles. The number of phenols is 1. The van der Waals surface area contributed by atoms with Gasteiger partial charge in [0.15, 0.2) is 5.96 Å². The number of nitrogens with two attached hydrogens (primary N) is 5. The minimum atomic E-state index is -5.08. The summed E-state index contributed by atoms with van der Waals surface area (Å²) < 4.78 is 31.7. The van der Waals surface area contributed by atoms with Crippen molar-refractivity contribution in [2.45, 2.75) is 126 Å². The number of aliphatic hydroxyl groups excluding tert-OH is 1. The van der Waals surface area contributed by atoms with E-state index in [0.717, 1.165) is 4.90 Å². The van der Waals surface area contributed by atoms with Crippen LogP contribution in [0.25, 0.3) is 0 Å². The van der Waals surface area contributed by atoms with E-state index in [1.807, 2.05) is 5.32 Å². The molecule has 1 heterocycles. The highest BCUT2D eigenvalue weighted by molar-refractivity contribution is 6.00. The van der Waals surface area contributed by atoms with Crippen LogP contribution in [-0.2, 0) is 68.7 Å². The highest BCUT2D eigenvalue weighted by Gasteiger charge is 2.41. The predicted molar refractivity (Wildman–Crippen MR) is 267 cm³/mol. The normalized spacial score (nSPS) is 15.4. The Bertz CT molecular complexity index is 2430. The van der Waals surface area contributed by atoms with Gasteiger partial charge in [0.25, 0.3) is 0 Å². The maximum Gasteiger partial charge on any atom is 0.490 e. The summed E-state index contributed by atoms with van der Waals surface area (Å²) in [6.07, 6.45) is -7.92. The highest BCUT2D eigenvalue weighted by Crippen LogP contribution is 2.21. The molecule has 1 aromatic carbocycles. The fourth-order valence-electron chi connectivity index (χ4n) is 7.19. The van der Waals surface area contributed by atoms with Crippen LogP contribution in [0.4, 0.5) is 13.2 Å². The molecule has 0 radical (unpaired) electrons. The van der Waals surface area contributed by atoms with E-state index in [0.29, 0.717) is 5.56 Å². The van der Waals surface area contributed by atoms with Gasteiger partial charge in [0.2, 0.25) is 59.1 Å². The van der Waals surface area contributed by atoms with Crippen LogP contribution in [0, 0.1) is 5.92 Å². The summed E-state index contributed by atoms with van der Waals surface area (Å²) in [5.74, 6) is -16.9. The summed E-state index contributed by atoms with van der Waals surface area (Å²) in [6.45, 7) is 1.11. The Morgan fingerprint density at radius 2 is 1.24 bits per heavy atom. The molecule has 22 N–H and O–H groups in total. The van der Waals surface area contributed by atoms with Crippen LogP contribution < -0.4 is 65.9 Å². The van der Waals surface area contributed by atoms with E-state index in [4.69, 9.17) is 48.8 Å². The summed E-state index contributed by atoms with van der Waals surface area (Å²) >= 11 is 0. The molecule has 1 saturated heterocycles. The zero-order chi connectivity index (χ0) is 61.2. The van der Waals surface area contributed by atoms with Crippen molar-refractivity contribution in [3.63, 3.8) is 0 Å². The number of primary amides is 2. The first-order valence-electron chi connectivity index (χ1n) is 24.1. The lowest BCUT2D eigenvalue weighted by Crippen LogP contribution is -2.60. The average molecular weight is 1150 g/mol. The lowest BCUT2D eigenvalue weighted by atomic mass is 10.0. The van der Waals surface area contributed by atoms with Crippen LogP contribution in [0.15, 0.2) is 29.3 Å². The van der Waals surface area contributed by atoms with E-state index in [1.54, 1.807) is 0 Å². The zero-order valence-electron chi connectivity index (χ0n) is 43.2. The van der Waals surface area contributed by atoms with Crippen molar-refractivity contribution in [3.05, 3.63) is 29.8 Å². The molecule has 8 atom stereocenters. The molecule has 0 spiro atoms. The van der Waals surface area contributed by atoms with Crippen molar-refractivity contribution in [2.75, 3.05) is 26.2 Å². The molecule has 1 aliphatic rings. The Balaban J connectivity index is 0.00000426. The standard InChI is InChI=1S/C43H66N14O16.C2HF3O2/c1-20(2)34(40(70)50-18-32(62)51-28(19-58)42(72)73)56-38(68)26(16-30(45)60)54-36(66)24(5-3-13-49-43(47)48)53-39(69)29-6-4-14-57(29)41(71)27(17-31(46)61)55-37(67)25(11-12-33(63)64)52-35(65)23(44)15-21-7-9-22(59)10-8-21;3-2(4,5)1(6)7/h7-10,20,23-29,34,58-59H,3-6,11-19,44H2,1-2H3,(H2,45,60)(H2,46,61)(H,50,70)(H,51,62)(H,52,65)(H,53,69)(H,54,66)(H,55,67)(H,56,68)(H,63,64)(H,72,73)(H4,47,48,49);(H,6,7)/t23-,24-,25-,26-,27-,28-,29-,34-;/m0./s1/i4+1,6+1,14+1,29+1,57+1;. The third kappa shape index (κ3) is 25.5. The minimum Gasteiger partial charge on any atom is -0.508 e. The van der Waals surface area contributed by atoms with Gasteiger partial charge >= 0.3 is 24.1 Å². The van der Waals surface area contributed by atoms with Crippen LogP contribution >= 0.6 is 0 Å². The number of alkyl halides is 3. The first kappa shape index (κ1) is 69.1. The highest BCUT2D eigenvalue weighted by atomic mass is 19.4. The summed E-state index contributed by atoms with van der Waals surface area (Å²) in [5, 5.41) is 60.4. The van der Waals surface area contributed by atoms with Crippen molar-refractivity contribution in [1.82, 2.24) is 42.1 Å². The molecule has 2 rings (SSSR count). The van der Waals surface area contributed by atoms with E-state index in [9.17, 15) is 80.9 Å². The van der Waals surface area contributed by atoms with E-state index in [2.05, 4.69) is 36.9 Å². The van der Waals surface area contributed by atoms with Gasteiger partial charge in [0, 0.05) is 19.5 Å². The van der Waals surface area contributed by atoms with Crippen molar-refractivity contribution >= 4 is 82.9 Å². The van der Waals surface area contributed by atoms with Gasteiger partial charge in [-0.2, -0.15) is 13.2 Å². The topological polar surface area (TPSA) is 553 Å². The molecule has 80 heavy (non-hydrogen) atoms. The number of aliphatic imine (C=N–C) groups is 1. The van der Waals surface area contributed by atoms with Gasteiger partial charge in [0.05, 0.1) is 32.0 Å². The van der Waals surface area contributed by atoms with Crippen LogP contribution in [0.3, 0.4) is 0 Å². The third-order valence-electron chi connectivity index (χ3n) is 11.2. The van der Waals surface area contributed by atoms with Gasteiger partial charge in [-0.1, -0.05) is 26.0 Å². The Kier molecular flexibility index (Phi) is 28.9. The number of nitrogens with zero attached hydrogens (tertiary/aromatic N) is 2. The number of aliphatic carboxylic acids is 3. The third-order valence-corrected chi connectivity index (χ3v) is 11.2. The largest absolute Gasteiger partial charge is 0.508 e. The summed E-state index contributed by atoms with van der Waals surface area (Å²) in [4.78, 5) is 169. The van der Waals surface area contributed by atoms with E-state index in [1.165, 1.54) is 38.1 Å². The molecular weight excluding hydrogens is 1090 g/mol. The number of carbonyl (C=O) groups excluding carboxylic acids is 10. The molecule has 1 aromatic rings. The first-order valence-corrected chi connectivity index (χ1v) is 24.1. The Hall–Kier alpha value is -8.89. The lowest BCUT2D eigenvalue weighted by molar-refractivity contribution is -0.192. The first-order chi connectivity index (χ1) is 37.2. The summed E-state index contributed by atoms with van der Waals surface area (Å²) in [5.41, 5.74) is 28.3. The molecular formula is C45H67F3N14O18. The molecule has 0 unspecified atom stereocenters. The summed E-state index contributed by atoms with van der Waals surface area (Å²) in [6, 6.07) is -6.65. The van der Waals surface area contributed by atoms with Crippen molar-refractivity contribution in [3.8, 4) is 5.75 Å². The number of hydrogen-bond donors (Lipinski definition) is 17. The molecule has 35 heteroatoms. The van der Waals surface area contributed by atoms with Gasteiger partial charge in [-0.3, -0.25) is 57.7 Å². The van der Waals surface area contributed by atoms with Crippen LogP contribution in [0.1, 0.15) is 70.8 Å². The number of rotatable bonds is 31. The Morgan fingerprint density at radius 3 is 1.74 bits per heavy atom.